The molecule has 0 amide bonds. The molecule has 3 atom stereocenters. The molecule has 3 unspecified atom stereocenters. The van der Waals surface area contributed by atoms with Gasteiger partial charge in [-0.15, -0.1) is 0 Å². The van der Waals surface area contributed by atoms with E-state index in [4.69, 9.17) is 5.73 Å². The molecule has 2 fully saturated rings. The van der Waals surface area contributed by atoms with Gasteiger partial charge in [0.05, 0.1) is 0 Å². The molecule has 0 bridgehead atoms. The van der Waals surface area contributed by atoms with Gasteiger partial charge < -0.3 is 10.6 Å². The summed E-state index contributed by atoms with van der Waals surface area (Å²) in [5.74, 6) is -1.74. The van der Waals surface area contributed by atoms with Crippen LogP contribution in [0.4, 0.5) is 8.78 Å². The molecule has 2 nitrogen and oxygen atoms in total. The fourth-order valence-electron chi connectivity index (χ4n) is 3.21. The second kappa shape index (κ2) is 5.19. The lowest BCUT2D eigenvalue weighted by Crippen LogP contribution is -2.48. The van der Waals surface area contributed by atoms with Gasteiger partial charge in [0.2, 0.25) is 5.92 Å². The summed E-state index contributed by atoms with van der Waals surface area (Å²) in [6.45, 7) is 4.95. The maximum absolute atomic E-state index is 13.3. The van der Waals surface area contributed by atoms with E-state index in [9.17, 15) is 8.78 Å². The Hall–Kier alpha value is -0.220. The van der Waals surface area contributed by atoms with Gasteiger partial charge in [0, 0.05) is 32.0 Å². The Labute approximate surface area is 103 Å². The summed E-state index contributed by atoms with van der Waals surface area (Å²) >= 11 is 0. The maximum atomic E-state index is 13.3. The van der Waals surface area contributed by atoms with Crippen LogP contribution in [-0.4, -0.2) is 36.5 Å². The predicted octanol–water partition coefficient (Wildman–Crippen LogP) is 2.48. The first-order valence-corrected chi connectivity index (χ1v) is 6.82. The molecule has 2 N–H and O–H groups in total. The quantitative estimate of drug-likeness (QED) is 0.811. The highest BCUT2D eigenvalue weighted by molar-refractivity contribution is 4.84. The zero-order valence-electron chi connectivity index (χ0n) is 10.7. The smallest absolute Gasteiger partial charge is 0.248 e. The number of likely N-dealkylation sites (tertiary alicyclic amines) is 1. The Morgan fingerprint density at radius 1 is 1.35 bits per heavy atom. The molecule has 1 heterocycles. The van der Waals surface area contributed by atoms with Crippen LogP contribution in [0, 0.1) is 11.8 Å². The standard InChI is InChI=1S/C13H24F2N2/c1-10-8-17(6-4-12(10)16)9-11-3-2-5-13(14,15)7-11/h10-12H,2-9,16H2,1H3. The molecule has 0 aromatic carbocycles. The van der Waals surface area contributed by atoms with Crippen LogP contribution < -0.4 is 5.73 Å². The zero-order valence-corrected chi connectivity index (χ0v) is 10.7. The van der Waals surface area contributed by atoms with Gasteiger partial charge in [-0.25, -0.2) is 8.78 Å². The summed E-state index contributed by atoms with van der Waals surface area (Å²) in [6, 6.07) is 0.291. The summed E-state index contributed by atoms with van der Waals surface area (Å²) in [5, 5.41) is 0. The molecule has 2 aliphatic rings. The number of halogens is 2. The predicted molar refractivity (Wildman–Crippen MR) is 65.1 cm³/mol. The van der Waals surface area contributed by atoms with Crippen LogP contribution in [0.3, 0.4) is 0 Å². The summed E-state index contributed by atoms with van der Waals surface area (Å²) in [5.41, 5.74) is 5.97. The lowest BCUT2D eigenvalue weighted by Gasteiger charge is -2.38. The summed E-state index contributed by atoms with van der Waals surface area (Å²) in [4.78, 5) is 2.33. The number of rotatable bonds is 2. The van der Waals surface area contributed by atoms with Crippen molar-refractivity contribution in [1.29, 1.82) is 0 Å². The van der Waals surface area contributed by atoms with Gasteiger partial charge in [-0.1, -0.05) is 6.92 Å². The minimum atomic E-state index is -2.42. The highest BCUT2D eigenvalue weighted by atomic mass is 19.3. The van der Waals surface area contributed by atoms with Crippen molar-refractivity contribution in [3.8, 4) is 0 Å². The molecule has 4 heteroatoms. The number of hydrogen-bond acceptors (Lipinski definition) is 2. The minimum absolute atomic E-state index is 0.0872. The van der Waals surface area contributed by atoms with Crippen LogP contribution in [0.5, 0.6) is 0 Å². The first-order valence-electron chi connectivity index (χ1n) is 6.82. The van der Waals surface area contributed by atoms with E-state index in [1.807, 2.05) is 0 Å². The Morgan fingerprint density at radius 2 is 2.12 bits per heavy atom. The van der Waals surface area contributed by atoms with Crippen molar-refractivity contribution in [3.63, 3.8) is 0 Å². The number of piperidine rings is 1. The van der Waals surface area contributed by atoms with Crippen molar-refractivity contribution in [2.45, 2.75) is 51.0 Å². The highest BCUT2D eigenvalue weighted by Crippen LogP contribution is 2.37. The molecule has 17 heavy (non-hydrogen) atoms. The molecular formula is C13H24F2N2. The molecular weight excluding hydrogens is 222 g/mol. The second-order valence-electron chi connectivity index (χ2n) is 6.01. The Balaban J connectivity index is 1.81. The van der Waals surface area contributed by atoms with Gasteiger partial charge in [0.15, 0.2) is 0 Å². The SMILES string of the molecule is CC1CN(CC2CCCC(F)(F)C2)CCC1N. The molecule has 0 spiro atoms. The molecule has 0 aromatic heterocycles. The lowest BCUT2D eigenvalue weighted by atomic mass is 9.85. The molecule has 1 saturated heterocycles. The molecule has 1 saturated carbocycles. The maximum Gasteiger partial charge on any atom is 0.248 e. The Kier molecular flexibility index (Phi) is 4.03. The molecule has 0 radical (unpaired) electrons. The third-order valence-electron chi connectivity index (χ3n) is 4.31. The largest absolute Gasteiger partial charge is 0.327 e. The van der Waals surface area contributed by atoms with E-state index in [1.54, 1.807) is 0 Å². The summed E-state index contributed by atoms with van der Waals surface area (Å²) in [7, 11) is 0. The van der Waals surface area contributed by atoms with Crippen LogP contribution in [-0.2, 0) is 0 Å². The van der Waals surface area contributed by atoms with E-state index in [-0.39, 0.29) is 18.8 Å². The minimum Gasteiger partial charge on any atom is -0.327 e. The van der Waals surface area contributed by atoms with E-state index in [1.165, 1.54) is 0 Å². The van der Waals surface area contributed by atoms with Crippen LogP contribution in [0.1, 0.15) is 39.0 Å². The van der Waals surface area contributed by atoms with Gasteiger partial charge in [-0.2, -0.15) is 0 Å². The average Bonchev–Trinajstić information content (AvgIpc) is 2.22. The first kappa shape index (κ1) is 13.2. The summed E-state index contributed by atoms with van der Waals surface area (Å²) < 4.78 is 26.6. The third-order valence-corrected chi connectivity index (χ3v) is 4.31. The number of hydrogen-bond donors (Lipinski definition) is 1. The Bertz CT molecular complexity index is 258. The lowest BCUT2D eigenvalue weighted by molar-refractivity contribution is -0.0583. The van der Waals surface area contributed by atoms with Gasteiger partial charge in [-0.3, -0.25) is 0 Å². The number of nitrogens with zero attached hydrogens (tertiary/aromatic N) is 1. The third kappa shape index (κ3) is 3.62. The van der Waals surface area contributed by atoms with E-state index in [0.717, 1.165) is 32.5 Å². The van der Waals surface area contributed by atoms with Crippen molar-refractivity contribution in [3.05, 3.63) is 0 Å². The first-order chi connectivity index (χ1) is 7.96. The zero-order chi connectivity index (χ0) is 12.5. The van der Waals surface area contributed by atoms with Crippen LogP contribution >= 0.6 is 0 Å². The summed E-state index contributed by atoms with van der Waals surface area (Å²) in [6.07, 6.45) is 2.83. The van der Waals surface area contributed by atoms with Crippen LogP contribution in [0.15, 0.2) is 0 Å². The van der Waals surface area contributed by atoms with Crippen molar-refractivity contribution < 1.29 is 8.78 Å². The fraction of sp³-hybridized carbons (Fsp3) is 1.00. The highest BCUT2D eigenvalue weighted by Gasteiger charge is 2.37. The Morgan fingerprint density at radius 3 is 2.76 bits per heavy atom. The van der Waals surface area contributed by atoms with Gasteiger partial charge >= 0.3 is 0 Å². The average molecular weight is 246 g/mol. The normalized spacial score (nSPS) is 39.2. The van der Waals surface area contributed by atoms with Gasteiger partial charge in [0.1, 0.15) is 0 Å². The van der Waals surface area contributed by atoms with Crippen molar-refractivity contribution in [1.82, 2.24) is 4.90 Å². The van der Waals surface area contributed by atoms with Gasteiger partial charge in [0.25, 0.3) is 0 Å². The van der Waals surface area contributed by atoms with Crippen LogP contribution in [0.2, 0.25) is 0 Å². The van der Waals surface area contributed by atoms with E-state index >= 15 is 0 Å². The van der Waals surface area contributed by atoms with Crippen molar-refractivity contribution >= 4 is 0 Å². The molecule has 1 aliphatic heterocycles. The number of nitrogens with two attached hydrogens (primary N) is 1. The van der Waals surface area contributed by atoms with Crippen molar-refractivity contribution in [2.24, 2.45) is 17.6 Å². The monoisotopic (exact) mass is 246 g/mol. The molecule has 0 aromatic rings. The number of alkyl halides is 2. The topological polar surface area (TPSA) is 29.3 Å². The fourth-order valence-corrected chi connectivity index (χ4v) is 3.21. The molecule has 2 rings (SSSR count). The van der Waals surface area contributed by atoms with E-state index in [0.29, 0.717) is 18.4 Å². The molecule has 100 valence electrons. The molecule has 1 aliphatic carbocycles. The van der Waals surface area contributed by atoms with E-state index < -0.39 is 5.92 Å². The van der Waals surface area contributed by atoms with Crippen LogP contribution in [0.25, 0.3) is 0 Å². The van der Waals surface area contributed by atoms with E-state index in [2.05, 4.69) is 11.8 Å². The van der Waals surface area contributed by atoms with Crippen molar-refractivity contribution in [2.75, 3.05) is 19.6 Å². The van der Waals surface area contributed by atoms with Gasteiger partial charge in [-0.05, 0) is 37.6 Å². The second-order valence-corrected chi connectivity index (χ2v) is 6.01.